The molecule has 0 atom stereocenters. The summed E-state index contributed by atoms with van der Waals surface area (Å²) in [6, 6.07) is 0. The molecule has 0 aliphatic carbocycles. The molecule has 0 saturated heterocycles. The number of amides is 3. The molecule has 0 saturated carbocycles. The SMILES string of the molecule is CCCNC(=O)CNC(=O)CCOCCOCCOCCOCCOCCOCCOCCOCCNC(=O)CC. The molecule has 41 heavy (non-hydrogen) atoms. The first-order chi connectivity index (χ1) is 20.1. The highest BCUT2D eigenvalue weighted by atomic mass is 16.6. The Hall–Kier alpha value is -1.91. The fourth-order valence-electron chi connectivity index (χ4n) is 2.79. The van der Waals surface area contributed by atoms with Gasteiger partial charge in [0.25, 0.3) is 0 Å². The van der Waals surface area contributed by atoms with E-state index in [1.165, 1.54) is 0 Å². The van der Waals surface area contributed by atoms with E-state index in [0.29, 0.717) is 119 Å². The summed E-state index contributed by atoms with van der Waals surface area (Å²) in [6.07, 6.45) is 1.53. The van der Waals surface area contributed by atoms with Gasteiger partial charge in [-0.05, 0) is 6.42 Å². The molecule has 242 valence electrons. The van der Waals surface area contributed by atoms with Gasteiger partial charge in [-0.2, -0.15) is 0 Å². The molecule has 0 unspecified atom stereocenters. The molecule has 0 heterocycles. The van der Waals surface area contributed by atoms with Gasteiger partial charge in [-0.25, -0.2) is 0 Å². The van der Waals surface area contributed by atoms with E-state index in [2.05, 4.69) is 16.0 Å². The predicted octanol–water partition coefficient (Wildman–Crippen LogP) is -0.322. The van der Waals surface area contributed by atoms with Gasteiger partial charge in [0.2, 0.25) is 17.7 Å². The zero-order valence-corrected chi connectivity index (χ0v) is 25.0. The molecule has 14 heteroatoms. The number of hydrogen-bond acceptors (Lipinski definition) is 11. The van der Waals surface area contributed by atoms with E-state index in [1.54, 1.807) is 0 Å². The molecular weight excluding hydrogens is 542 g/mol. The minimum Gasteiger partial charge on any atom is -0.379 e. The van der Waals surface area contributed by atoms with Gasteiger partial charge in [0.1, 0.15) is 0 Å². The Morgan fingerprint density at radius 3 is 1.17 bits per heavy atom. The van der Waals surface area contributed by atoms with E-state index in [1.807, 2.05) is 13.8 Å². The van der Waals surface area contributed by atoms with E-state index in [0.717, 1.165) is 6.42 Å². The van der Waals surface area contributed by atoms with Gasteiger partial charge in [-0.15, -0.1) is 0 Å². The molecule has 0 aromatic rings. The Kier molecular flexibility index (Phi) is 31.1. The van der Waals surface area contributed by atoms with E-state index >= 15 is 0 Å². The first kappa shape index (κ1) is 39.1. The molecule has 0 spiro atoms. The zero-order chi connectivity index (χ0) is 30.1. The van der Waals surface area contributed by atoms with Crippen LogP contribution in [-0.2, 0) is 52.3 Å². The minimum atomic E-state index is -0.224. The third kappa shape index (κ3) is 32.5. The van der Waals surface area contributed by atoms with Crippen LogP contribution in [0.1, 0.15) is 33.1 Å². The summed E-state index contributed by atoms with van der Waals surface area (Å²) < 4.78 is 43.2. The molecule has 3 N–H and O–H groups in total. The van der Waals surface area contributed by atoms with Gasteiger partial charge >= 0.3 is 0 Å². The Morgan fingerprint density at radius 2 is 0.780 bits per heavy atom. The second-order valence-corrected chi connectivity index (χ2v) is 8.48. The van der Waals surface area contributed by atoms with Gasteiger partial charge in [0.05, 0.1) is 112 Å². The van der Waals surface area contributed by atoms with Gasteiger partial charge in [0, 0.05) is 25.9 Å². The summed E-state index contributed by atoms with van der Waals surface area (Å²) in [5.41, 5.74) is 0. The van der Waals surface area contributed by atoms with Crippen molar-refractivity contribution in [1.82, 2.24) is 16.0 Å². The highest BCUT2D eigenvalue weighted by Gasteiger charge is 2.05. The lowest BCUT2D eigenvalue weighted by atomic mass is 10.4. The highest BCUT2D eigenvalue weighted by Crippen LogP contribution is 1.87. The summed E-state index contributed by atoms with van der Waals surface area (Å²) in [7, 11) is 0. The Morgan fingerprint density at radius 1 is 0.415 bits per heavy atom. The van der Waals surface area contributed by atoms with Crippen LogP contribution in [0.3, 0.4) is 0 Å². The van der Waals surface area contributed by atoms with Crippen LogP contribution in [0.25, 0.3) is 0 Å². The molecule has 0 aliphatic heterocycles. The lowest BCUT2D eigenvalue weighted by molar-refractivity contribution is -0.126. The van der Waals surface area contributed by atoms with E-state index < -0.39 is 0 Å². The van der Waals surface area contributed by atoms with Crippen molar-refractivity contribution in [2.24, 2.45) is 0 Å². The Bertz CT molecular complexity index is 615. The summed E-state index contributed by atoms with van der Waals surface area (Å²) in [5, 5.41) is 7.97. The van der Waals surface area contributed by atoms with Gasteiger partial charge < -0.3 is 53.8 Å². The lowest BCUT2D eigenvalue weighted by Gasteiger charge is -2.09. The van der Waals surface area contributed by atoms with Gasteiger partial charge in [0.15, 0.2) is 0 Å². The first-order valence-electron chi connectivity index (χ1n) is 14.5. The molecule has 0 aromatic carbocycles. The average Bonchev–Trinajstić information content (AvgIpc) is 2.98. The maximum absolute atomic E-state index is 11.6. The van der Waals surface area contributed by atoms with Crippen LogP contribution in [0.2, 0.25) is 0 Å². The van der Waals surface area contributed by atoms with Crippen LogP contribution in [0.4, 0.5) is 0 Å². The quantitative estimate of drug-likeness (QED) is 0.0874. The number of carbonyl (C=O) groups is 3. The van der Waals surface area contributed by atoms with E-state index in [4.69, 9.17) is 37.9 Å². The van der Waals surface area contributed by atoms with Crippen LogP contribution in [-0.4, -0.2) is 143 Å². The number of ether oxygens (including phenoxy) is 8. The van der Waals surface area contributed by atoms with Gasteiger partial charge in [-0.3, -0.25) is 14.4 Å². The van der Waals surface area contributed by atoms with Crippen LogP contribution < -0.4 is 16.0 Å². The molecule has 0 aliphatic rings. The van der Waals surface area contributed by atoms with Crippen molar-refractivity contribution in [3.05, 3.63) is 0 Å². The van der Waals surface area contributed by atoms with Gasteiger partial charge in [-0.1, -0.05) is 13.8 Å². The monoisotopic (exact) mass is 595 g/mol. The molecule has 14 nitrogen and oxygen atoms in total. The predicted molar refractivity (Wildman–Crippen MR) is 151 cm³/mol. The van der Waals surface area contributed by atoms with Crippen LogP contribution in [0, 0.1) is 0 Å². The average molecular weight is 596 g/mol. The van der Waals surface area contributed by atoms with E-state index in [9.17, 15) is 14.4 Å². The van der Waals surface area contributed by atoms with Crippen molar-refractivity contribution in [3.8, 4) is 0 Å². The van der Waals surface area contributed by atoms with Crippen molar-refractivity contribution in [2.45, 2.75) is 33.1 Å². The normalized spacial score (nSPS) is 11.0. The second kappa shape index (κ2) is 32.6. The Labute approximate surface area is 244 Å². The third-order valence-electron chi connectivity index (χ3n) is 4.99. The number of nitrogens with one attached hydrogen (secondary N) is 3. The molecule has 0 bridgehead atoms. The van der Waals surface area contributed by atoms with Crippen molar-refractivity contribution in [2.75, 3.05) is 125 Å². The smallest absolute Gasteiger partial charge is 0.239 e. The summed E-state index contributed by atoms with van der Waals surface area (Å²) in [5.74, 6) is -0.398. The highest BCUT2D eigenvalue weighted by molar-refractivity contribution is 5.84. The molecular formula is C27H53N3O11. The standard InChI is InChI=1S/C27H53N3O11/c1-3-6-28-27(33)24-30-26(32)5-8-34-10-12-36-14-16-38-18-20-40-22-23-41-21-19-39-17-15-37-13-11-35-9-7-29-25(31)4-2/h3-24H2,1-2H3,(H,28,33)(H,29,31)(H,30,32). The van der Waals surface area contributed by atoms with Crippen molar-refractivity contribution in [1.29, 1.82) is 0 Å². The molecule has 3 amide bonds. The van der Waals surface area contributed by atoms with Crippen LogP contribution in [0.5, 0.6) is 0 Å². The maximum atomic E-state index is 11.6. The third-order valence-corrected chi connectivity index (χ3v) is 4.99. The largest absolute Gasteiger partial charge is 0.379 e. The van der Waals surface area contributed by atoms with E-state index in [-0.39, 0.29) is 37.3 Å². The van der Waals surface area contributed by atoms with Crippen LogP contribution in [0.15, 0.2) is 0 Å². The fraction of sp³-hybridized carbons (Fsp3) is 0.889. The lowest BCUT2D eigenvalue weighted by Crippen LogP contribution is -2.37. The van der Waals surface area contributed by atoms with Crippen molar-refractivity contribution in [3.63, 3.8) is 0 Å². The van der Waals surface area contributed by atoms with Crippen molar-refractivity contribution < 1.29 is 52.3 Å². The van der Waals surface area contributed by atoms with Crippen LogP contribution >= 0.6 is 0 Å². The number of carbonyl (C=O) groups excluding carboxylic acids is 3. The number of hydrogen-bond donors (Lipinski definition) is 3. The molecule has 0 rings (SSSR count). The first-order valence-corrected chi connectivity index (χ1v) is 14.5. The summed E-state index contributed by atoms with van der Waals surface area (Å²) in [6.45, 7) is 12.1. The second-order valence-electron chi connectivity index (χ2n) is 8.48. The minimum absolute atomic E-state index is 0.0171. The zero-order valence-electron chi connectivity index (χ0n) is 25.0. The summed E-state index contributed by atoms with van der Waals surface area (Å²) >= 11 is 0. The van der Waals surface area contributed by atoms with Crippen molar-refractivity contribution >= 4 is 17.7 Å². The fourth-order valence-corrected chi connectivity index (χ4v) is 2.79. The topological polar surface area (TPSA) is 161 Å². The Balaban J connectivity index is 3.15. The summed E-state index contributed by atoms with van der Waals surface area (Å²) in [4.78, 5) is 34.1. The number of rotatable bonds is 32. The molecule has 0 aromatic heterocycles. The maximum Gasteiger partial charge on any atom is 0.239 e. The molecule has 0 fully saturated rings. The molecule has 0 radical (unpaired) electrons.